The molecule has 0 aliphatic heterocycles. The second-order valence-corrected chi connectivity index (χ2v) is 7.23. The summed E-state index contributed by atoms with van der Waals surface area (Å²) in [4.78, 5) is 19.4. The fraction of sp³-hybridized carbons (Fsp3) is 0.360. The van der Waals surface area contributed by atoms with Gasteiger partial charge in [-0.15, -0.1) is 6.58 Å². The van der Waals surface area contributed by atoms with E-state index in [0.29, 0.717) is 26.3 Å². The van der Waals surface area contributed by atoms with E-state index in [1.807, 2.05) is 68.5 Å². The number of hydrogen-bond acceptors (Lipinski definition) is 6. The van der Waals surface area contributed by atoms with Crippen LogP contribution >= 0.6 is 0 Å². The van der Waals surface area contributed by atoms with E-state index in [9.17, 15) is 0 Å². The number of imidazole rings is 2. The molecule has 8 nitrogen and oxygen atoms in total. The van der Waals surface area contributed by atoms with E-state index in [0.717, 1.165) is 70.5 Å². The normalized spacial score (nSPS) is 10.1. The Morgan fingerprint density at radius 1 is 0.971 bits per heavy atom. The average molecular weight is 504 g/mol. The van der Waals surface area contributed by atoms with Crippen LogP contribution in [0, 0.1) is 0 Å². The summed E-state index contributed by atoms with van der Waals surface area (Å²) in [5.74, 6) is 1.77. The van der Waals surface area contributed by atoms with Crippen LogP contribution in [-0.4, -0.2) is 49.8 Å². The van der Waals surface area contributed by atoms with Crippen LogP contribution in [0.5, 0.6) is 0 Å². The molecule has 3 N–H and O–H groups in total. The average Bonchev–Trinajstić information content (AvgIpc) is 3.48. The predicted octanol–water partition coefficient (Wildman–Crippen LogP) is 3.91. The maximum atomic E-state index is 8.19. The first-order chi connectivity index (χ1) is 16.6. The summed E-state index contributed by atoms with van der Waals surface area (Å²) in [6.45, 7) is 10.5. The van der Waals surface area contributed by atoms with Gasteiger partial charge in [0, 0.05) is 26.3 Å². The number of aliphatic hydroxyl groups excluding tert-OH is 2. The molecule has 0 fully saturated rings. The molecular weight excluding hydrogens is 469 g/mol. The number of fused-ring (bicyclic) bond motifs is 2. The number of nitrogens with zero attached hydrogens (tertiary/aromatic N) is 4. The van der Waals surface area contributed by atoms with Crippen LogP contribution in [0.2, 0.25) is 0 Å². The standard InChI is InChI=1S/C19H18N5.2C3H8O.O.V/c1-2-11-24(12-18-20-14-7-3-4-8-15(14)21-18)13-19-22-16-9-5-6-10-17(16)23-19;2*1-2-3-4;;/h2-10H,1,11-13H2,(H-,20,21,22,23);2*4H,2-3H2,1H3;;/q-1;;;;+2. The molecule has 2 aromatic heterocycles. The van der Waals surface area contributed by atoms with Crippen LogP contribution in [0.4, 0.5) is 0 Å². The van der Waals surface area contributed by atoms with Crippen LogP contribution < -0.4 is 4.98 Å². The van der Waals surface area contributed by atoms with E-state index in [4.69, 9.17) is 13.9 Å². The molecular formula is C25H34N5O3V+. The fourth-order valence-electron chi connectivity index (χ4n) is 2.89. The third kappa shape index (κ3) is 10.1. The SMILES string of the molecule is C=CCN(Cc1nc2ccccc2[n-]1)Cc1nc2ccccc2[nH]1.CCCO.CCCO.[O]=[V+2]. The van der Waals surface area contributed by atoms with Gasteiger partial charge in [-0.05, 0) is 36.0 Å². The number of benzene rings is 2. The van der Waals surface area contributed by atoms with Crippen molar-refractivity contribution in [2.24, 2.45) is 0 Å². The Bertz CT molecular complexity index is 932. The zero-order chi connectivity index (χ0) is 25.2. The predicted molar refractivity (Wildman–Crippen MR) is 131 cm³/mol. The Morgan fingerprint density at radius 3 is 2.12 bits per heavy atom. The molecule has 0 unspecified atom stereocenters. The molecule has 34 heavy (non-hydrogen) atoms. The molecule has 181 valence electrons. The Hall–Kier alpha value is -2.62. The summed E-state index contributed by atoms with van der Waals surface area (Å²) >= 11 is 1.06. The Morgan fingerprint density at radius 2 is 1.56 bits per heavy atom. The van der Waals surface area contributed by atoms with Gasteiger partial charge in [0.1, 0.15) is 5.82 Å². The Balaban J connectivity index is 0.000000498. The van der Waals surface area contributed by atoms with Crippen LogP contribution in [0.3, 0.4) is 0 Å². The molecule has 0 saturated carbocycles. The summed E-state index contributed by atoms with van der Waals surface area (Å²) in [6.07, 6.45) is 3.64. The minimum absolute atomic E-state index is 0.319. The fourth-order valence-corrected chi connectivity index (χ4v) is 2.89. The summed E-state index contributed by atoms with van der Waals surface area (Å²) in [6, 6.07) is 16.0. The van der Waals surface area contributed by atoms with E-state index in [-0.39, 0.29) is 0 Å². The molecule has 2 aromatic carbocycles. The Labute approximate surface area is 210 Å². The zero-order valence-corrected chi connectivity index (χ0v) is 21.3. The van der Waals surface area contributed by atoms with Gasteiger partial charge in [-0.1, -0.05) is 62.1 Å². The van der Waals surface area contributed by atoms with Crippen molar-refractivity contribution in [3.05, 3.63) is 72.8 Å². The molecule has 0 saturated heterocycles. The number of para-hydroxylation sites is 4. The molecule has 9 heteroatoms. The third-order valence-electron chi connectivity index (χ3n) is 4.39. The number of nitrogens with one attached hydrogen (secondary N) is 1. The quantitative estimate of drug-likeness (QED) is 0.312. The summed E-state index contributed by atoms with van der Waals surface area (Å²) in [5.41, 5.74) is 3.92. The molecule has 0 amide bonds. The first kappa shape index (κ1) is 29.4. The van der Waals surface area contributed by atoms with Gasteiger partial charge in [0.25, 0.3) is 0 Å². The van der Waals surface area contributed by atoms with Gasteiger partial charge in [0.05, 0.1) is 17.6 Å². The number of aromatic amines is 1. The number of hydrogen-bond donors (Lipinski definition) is 3. The summed E-state index contributed by atoms with van der Waals surface area (Å²) in [5, 5.41) is 15.8. The molecule has 0 bridgehead atoms. The van der Waals surface area contributed by atoms with Crippen molar-refractivity contribution in [1.82, 2.24) is 24.8 Å². The van der Waals surface area contributed by atoms with Crippen molar-refractivity contribution in [3.8, 4) is 0 Å². The van der Waals surface area contributed by atoms with Crippen molar-refractivity contribution >= 4 is 22.1 Å². The van der Waals surface area contributed by atoms with Gasteiger partial charge in [0.15, 0.2) is 0 Å². The van der Waals surface area contributed by atoms with Crippen molar-refractivity contribution in [1.29, 1.82) is 0 Å². The molecule has 0 radical (unpaired) electrons. The van der Waals surface area contributed by atoms with Crippen LogP contribution in [0.25, 0.3) is 22.1 Å². The van der Waals surface area contributed by atoms with E-state index < -0.39 is 0 Å². The van der Waals surface area contributed by atoms with Crippen molar-refractivity contribution in [2.75, 3.05) is 19.8 Å². The van der Waals surface area contributed by atoms with Crippen molar-refractivity contribution < 1.29 is 31.3 Å². The van der Waals surface area contributed by atoms with Gasteiger partial charge in [-0.25, -0.2) is 4.98 Å². The monoisotopic (exact) mass is 503 g/mol. The van der Waals surface area contributed by atoms with Crippen LogP contribution in [-0.2, 0) is 34.1 Å². The molecule has 0 aliphatic rings. The van der Waals surface area contributed by atoms with E-state index in [2.05, 4.69) is 31.4 Å². The molecule has 0 atom stereocenters. The minimum atomic E-state index is 0.319. The number of aromatic nitrogens is 4. The molecule has 2 heterocycles. The topological polar surface area (TPSA) is 116 Å². The zero-order valence-electron chi connectivity index (χ0n) is 19.9. The molecule has 4 aromatic rings. The maximum absolute atomic E-state index is 8.19. The summed E-state index contributed by atoms with van der Waals surface area (Å²) in [7, 11) is 0. The van der Waals surface area contributed by atoms with Crippen LogP contribution in [0.15, 0.2) is 61.2 Å². The number of aliphatic hydroxyl groups is 2. The van der Waals surface area contributed by atoms with Crippen molar-refractivity contribution in [2.45, 2.75) is 39.8 Å². The van der Waals surface area contributed by atoms with Crippen LogP contribution in [0.1, 0.15) is 38.3 Å². The first-order valence-corrected chi connectivity index (χ1v) is 11.8. The van der Waals surface area contributed by atoms with Gasteiger partial charge in [-0.2, -0.15) is 0 Å². The molecule has 4 rings (SSSR count). The first-order valence-electron chi connectivity index (χ1n) is 11.2. The summed E-state index contributed by atoms with van der Waals surface area (Å²) < 4.78 is 8.19. The van der Waals surface area contributed by atoms with E-state index in [1.165, 1.54) is 0 Å². The third-order valence-corrected chi connectivity index (χ3v) is 4.39. The second-order valence-electron chi connectivity index (χ2n) is 7.23. The van der Waals surface area contributed by atoms with Gasteiger partial charge in [0.2, 0.25) is 0 Å². The van der Waals surface area contributed by atoms with Gasteiger partial charge < -0.3 is 25.2 Å². The van der Waals surface area contributed by atoms with Gasteiger partial charge >= 0.3 is 21.0 Å². The second kappa shape index (κ2) is 17.8. The van der Waals surface area contributed by atoms with E-state index >= 15 is 0 Å². The van der Waals surface area contributed by atoms with E-state index in [1.54, 1.807) is 0 Å². The van der Waals surface area contributed by atoms with Gasteiger partial charge in [-0.3, -0.25) is 4.90 Å². The molecule has 0 aliphatic carbocycles. The molecule has 0 spiro atoms. The van der Waals surface area contributed by atoms with Crippen molar-refractivity contribution in [3.63, 3.8) is 0 Å². The number of rotatable bonds is 8. The Kier molecular flexibility index (Phi) is 15.4. The number of H-pyrrole nitrogens is 1.